The number of hydrogen-bond donors (Lipinski definition) is 0. The molecule has 104 valence electrons. The van der Waals surface area contributed by atoms with E-state index < -0.39 is 5.60 Å². The van der Waals surface area contributed by atoms with Gasteiger partial charge in [0.2, 0.25) is 0 Å². The maximum atomic E-state index is 12.2. The van der Waals surface area contributed by atoms with Crippen molar-refractivity contribution in [2.24, 2.45) is 0 Å². The van der Waals surface area contributed by atoms with Crippen LogP contribution in [0.5, 0.6) is 0 Å². The minimum absolute atomic E-state index is 0.00250. The van der Waals surface area contributed by atoms with Gasteiger partial charge in [0.15, 0.2) is 0 Å². The van der Waals surface area contributed by atoms with Crippen LogP contribution in [0, 0.1) is 0 Å². The Kier molecular flexibility index (Phi) is 3.77. The summed E-state index contributed by atoms with van der Waals surface area (Å²) in [5, 5.41) is 0.785. The molecule has 0 bridgehead atoms. The van der Waals surface area contributed by atoms with Crippen molar-refractivity contribution in [3.63, 3.8) is 0 Å². The lowest BCUT2D eigenvalue weighted by molar-refractivity contribution is 0.0160. The fourth-order valence-electron chi connectivity index (χ4n) is 2.39. The van der Waals surface area contributed by atoms with Gasteiger partial charge in [-0.25, -0.2) is 4.79 Å². The molecule has 0 fully saturated rings. The van der Waals surface area contributed by atoms with E-state index in [0.717, 1.165) is 22.6 Å². The van der Waals surface area contributed by atoms with Gasteiger partial charge >= 0.3 is 6.09 Å². The number of carbonyl (C=O) groups excluding carboxylic acids is 1. The molecule has 0 aliphatic carbocycles. The van der Waals surface area contributed by atoms with Gasteiger partial charge in [-0.2, -0.15) is 0 Å². The topological polar surface area (TPSA) is 29.5 Å². The SMILES string of the molecule is C[C@@H]1c2cccc(Cl)c2CCN1C(=O)OC(C)(C)C. The standard InChI is InChI=1S/C15H20ClNO2/c1-10-11-6-5-7-13(16)12(11)8-9-17(10)14(18)19-15(2,3)4/h5-7,10H,8-9H2,1-4H3/t10-/m1/s1. The van der Waals surface area contributed by atoms with Crippen molar-refractivity contribution in [3.8, 4) is 0 Å². The highest BCUT2D eigenvalue weighted by atomic mass is 35.5. The molecule has 1 heterocycles. The van der Waals surface area contributed by atoms with E-state index in [9.17, 15) is 4.79 Å². The number of benzene rings is 1. The molecular weight excluding hydrogens is 262 g/mol. The predicted octanol–water partition coefficient (Wildman–Crippen LogP) is 4.19. The van der Waals surface area contributed by atoms with E-state index in [1.807, 2.05) is 45.9 Å². The van der Waals surface area contributed by atoms with Crippen molar-refractivity contribution >= 4 is 17.7 Å². The third-order valence-electron chi connectivity index (χ3n) is 3.30. The van der Waals surface area contributed by atoms with E-state index in [4.69, 9.17) is 16.3 Å². The monoisotopic (exact) mass is 281 g/mol. The van der Waals surface area contributed by atoms with Gasteiger partial charge in [-0.1, -0.05) is 23.7 Å². The van der Waals surface area contributed by atoms with E-state index in [0.29, 0.717) is 6.54 Å². The molecule has 1 aromatic carbocycles. The number of rotatable bonds is 0. The molecule has 0 unspecified atom stereocenters. The van der Waals surface area contributed by atoms with Crippen LogP contribution in [0.4, 0.5) is 4.79 Å². The van der Waals surface area contributed by atoms with Crippen LogP contribution in [0.3, 0.4) is 0 Å². The normalized spacial score (nSPS) is 19.0. The van der Waals surface area contributed by atoms with Gasteiger partial charge < -0.3 is 9.64 Å². The summed E-state index contributed by atoms with van der Waals surface area (Å²) < 4.78 is 5.45. The molecule has 2 rings (SSSR count). The first-order valence-electron chi connectivity index (χ1n) is 6.56. The number of halogens is 1. The fourth-order valence-corrected chi connectivity index (χ4v) is 2.67. The number of carbonyl (C=O) groups is 1. The van der Waals surface area contributed by atoms with Crippen LogP contribution < -0.4 is 0 Å². The average Bonchev–Trinajstić information content (AvgIpc) is 2.28. The molecule has 4 heteroatoms. The maximum absolute atomic E-state index is 12.2. The Labute approximate surface area is 119 Å². The van der Waals surface area contributed by atoms with E-state index in [1.54, 1.807) is 4.90 Å². The van der Waals surface area contributed by atoms with Crippen molar-refractivity contribution in [3.05, 3.63) is 34.3 Å². The first-order valence-corrected chi connectivity index (χ1v) is 6.94. The molecule has 0 aromatic heterocycles. The lowest BCUT2D eigenvalue weighted by Gasteiger charge is -2.36. The molecule has 0 spiro atoms. The third-order valence-corrected chi connectivity index (χ3v) is 3.66. The number of nitrogens with zero attached hydrogens (tertiary/aromatic N) is 1. The highest BCUT2D eigenvalue weighted by molar-refractivity contribution is 6.31. The van der Waals surface area contributed by atoms with Crippen LogP contribution in [0.15, 0.2) is 18.2 Å². The lowest BCUT2D eigenvalue weighted by Crippen LogP contribution is -2.42. The van der Waals surface area contributed by atoms with E-state index >= 15 is 0 Å². The molecule has 1 aliphatic heterocycles. The van der Waals surface area contributed by atoms with Crippen LogP contribution in [-0.2, 0) is 11.2 Å². The molecule has 19 heavy (non-hydrogen) atoms. The van der Waals surface area contributed by atoms with Crippen molar-refractivity contribution in [1.82, 2.24) is 4.90 Å². The van der Waals surface area contributed by atoms with Crippen LogP contribution in [-0.4, -0.2) is 23.1 Å². The summed E-state index contributed by atoms with van der Waals surface area (Å²) >= 11 is 6.21. The van der Waals surface area contributed by atoms with Gasteiger partial charge in [0, 0.05) is 11.6 Å². The second-order valence-corrected chi connectivity index (χ2v) is 6.31. The first kappa shape index (κ1) is 14.2. The van der Waals surface area contributed by atoms with Gasteiger partial charge in [0.05, 0.1) is 6.04 Å². The summed E-state index contributed by atoms with van der Waals surface area (Å²) in [5.74, 6) is 0. The summed E-state index contributed by atoms with van der Waals surface area (Å²) in [6.07, 6.45) is 0.518. The van der Waals surface area contributed by atoms with Gasteiger partial charge in [-0.15, -0.1) is 0 Å². The number of hydrogen-bond acceptors (Lipinski definition) is 2. The zero-order valence-electron chi connectivity index (χ0n) is 11.9. The van der Waals surface area contributed by atoms with Crippen molar-refractivity contribution < 1.29 is 9.53 Å². The van der Waals surface area contributed by atoms with Gasteiger partial charge in [0.25, 0.3) is 0 Å². The minimum atomic E-state index is -0.467. The molecule has 1 aromatic rings. The zero-order chi connectivity index (χ0) is 14.2. The summed E-state index contributed by atoms with van der Waals surface area (Å²) in [6.45, 7) is 8.30. The second kappa shape index (κ2) is 5.04. The van der Waals surface area contributed by atoms with E-state index in [1.165, 1.54) is 0 Å². The Morgan fingerprint density at radius 3 is 2.74 bits per heavy atom. The summed E-state index contributed by atoms with van der Waals surface area (Å²) in [4.78, 5) is 14.0. The molecule has 1 amide bonds. The van der Waals surface area contributed by atoms with Crippen LogP contribution >= 0.6 is 11.6 Å². The Bertz CT molecular complexity index is 493. The quantitative estimate of drug-likeness (QED) is 0.713. The third kappa shape index (κ3) is 3.03. The average molecular weight is 282 g/mol. The van der Waals surface area contributed by atoms with Crippen molar-refractivity contribution in [1.29, 1.82) is 0 Å². The van der Waals surface area contributed by atoms with Crippen LogP contribution in [0.2, 0.25) is 5.02 Å². The Morgan fingerprint density at radius 2 is 2.11 bits per heavy atom. The maximum Gasteiger partial charge on any atom is 0.410 e. The second-order valence-electron chi connectivity index (χ2n) is 5.91. The Morgan fingerprint density at radius 1 is 1.42 bits per heavy atom. The summed E-state index contributed by atoms with van der Waals surface area (Å²) in [6, 6.07) is 5.85. The predicted molar refractivity (Wildman–Crippen MR) is 76.5 cm³/mol. The molecule has 0 radical (unpaired) electrons. The van der Waals surface area contributed by atoms with Gasteiger partial charge in [0.1, 0.15) is 5.60 Å². The number of amides is 1. The molecular formula is C15H20ClNO2. The lowest BCUT2D eigenvalue weighted by atomic mass is 9.94. The molecule has 0 N–H and O–H groups in total. The number of ether oxygens (including phenoxy) is 1. The fraction of sp³-hybridized carbons (Fsp3) is 0.533. The van der Waals surface area contributed by atoms with E-state index in [-0.39, 0.29) is 12.1 Å². The molecule has 1 atom stereocenters. The molecule has 3 nitrogen and oxygen atoms in total. The van der Waals surface area contributed by atoms with Crippen molar-refractivity contribution in [2.45, 2.75) is 45.8 Å². The molecule has 0 saturated carbocycles. The minimum Gasteiger partial charge on any atom is -0.444 e. The number of fused-ring (bicyclic) bond motifs is 1. The van der Waals surface area contributed by atoms with Gasteiger partial charge in [-0.05, 0) is 51.3 Å². The highest BCUT2D eigenvalue weighted by Gasteiger charge is 2.31. The zero-order valence-corrected chi connectivity index (χ0v) is 12.6. The summed E-state index contributed by atoms with van der Waals surface area (Å²) in [7, 11) is 0. The van der Waals surface area contributed by atoms with Crippen LogP contribution in [0.25, 0.3) is 0 Å². The molecule has 0 saturated heterocycles. The van der Waals surface area contributed by atoms with Crippen molar-refractivity contribution in [2.75, 3.05) is 6.54 Å². The van der Waals surface area contributed by atoms with Gasteiger partial charge in [-0.3, -0.25) is 0 Å². The van der Waals surface area contributed by atoms with Crippen LogP contribution in [0.1, 0.15) is 44.9 Å². The largest absolute Gasteiger partial charge is 0.444 e. The Balaban J connectivity index is 2.22. The Hall–Kier alpha value is -1.22. The highest BCUT2D eigenvalue weighted by Crippen LogP contribution is 2.34. The van der Waals surface area contributed by atoms with E-state index in [2.05, 4.69) is 0 Å². The summed E-state index contributed by atoms with van der Waals surface area (Å²) in [5.41, 5.74) is 1.80. The molecule has 1 aliphatic rings. The first-order chi connectivity index (χ1) is 8.79. The smallest absolute Gasteiger partial charge is 0.410 e.